The van der Waals surface area contributed by atoms with Crippen LogP contribution in [-0.4, -0.2) is 19.5 Å². The first kappa shape index (κ1) is 17.2. The van der Waals surface area contributed by atoms with Crippen LogP contribution < -0.4 is 16.4 Å². The van der Waals surface area contributed by atoms with E-state index in [-0.39, 0.29) is 6.71 Å². The Hall–Kier alpha value is -2.61. The first-order valence-electron chi connectivity index (χ1n) is 9.08. The third-order valence-electron chi connectivity index (χ3n) is 4.44. The summed E-state index contributed by atoms with van der Waals surface area (Å²) in [6.07, 6.45) is 4.36. The highest BCUT2D eigenvalue weighted by Crippen LogP contribution is 2.00. The lowest BCUT2D eigenvalue weighted by Crippen LogP contribution is -2.53. The number of nitrogens with zero attached hydrogens (tertiary/aromatic N) is 1. The van der Waals surface area contributed by atoms with E-state index in [1.807, 2.05) is 6.21 Å². The molecule has 0 radical (unpaired) electrons. The van der Waals surface area contributed by atoms with E-state index >= 15 is 0 Å². The summed E-state index contributed by atoms with van der Waals surface area (Å²) in [4.78, 5) is 4.64. The van der Waals surface area contributed by atoms with Crippen molar-refractivity contribution in [2.75, 3.05) is 6.54 Å². The molecule has 0 aromatic heterocycles. The lowest BCUT2D eigenvalue weighted by atomic mass is 9.36. The van der Waals surface area contributed by atoms with Crippen LogP contribution in [0.3, 0.4) is 0 Å². The zero-order chi connectivity index (χ0) is 17.3. The summed E-state index contributed by atoms with van der Waals surface area (Å²) in [5, 5.41) is 0. The fraction of sp³-hybridized carbons (Fsp3) is 0.174. The molecule has 0 amide bonds. The van der Waals surface area contributed by atoms with Crippen LogP contribution in [0.4, 0.5) is 0 Å². The molecule has 0 bridgehead atoms. The Morgan fingerprint density at radius 2 is 1.32 bits per heavy atom. The fourth-order valence-electron chi connectivity index (χ4n) is 3.15. The van der Waals surface area contributed by atoms with Crippen molar-refractivity contribution < 1.29 is 0 Å². The number of rotatable bonds is 7. The van der Waals surface area contributed by atoms with Gasteiger partial charge in [-0.2, -0.15) is 0 Å². The molecule has 0 aliphatic carbocycles. The molecule has 2 heteroatoms. The molecule has 0 unspecified atom stereocenters. The minimum absolute atomic E-state index is 0.219. The zero-order valence-electron chi connectivity index (χ0n) is 14.8. The Morgan fingerprint density at radius 1 is 0.760 bits per heavy atom. The molecule has 0 aliphatic rings. The van der Waals surface area contributed by atoms with E-state index in [9.17, 15) is 0 Å². The summed E-state index contributed by atoms with van der Waals surface area (Å²) >= 11 is 0. The third kappa shape index (κ3) is 4.48. The highest BCUT2D eigenvalue weighted by atomic mass is 14.7. The molecule has 3 aromatic rings. The molecule has 25 heavy (non-hydrogen) atoms. The molecule has 0 aliphatic heterocycles. The van der Waals surface area contributed by atoms with Crippen LogP contribution in [0.5, 0.6) is 0 Å². The zero-order valence-corrected chi connectivity index (χ0v) is 14.8. The summed E-state index contributed by atoms with van der Waals surface area (Å²) in [6, 6.07) is 30.1. The molecule has 3 rings (SSSR count). The standard InChI is InChI=1S/C23H24BN/c1-2-3-18-25-19-20-12-10-11-17-23(20)24(21-13-6-4-7-14-21)22-15-8-5-9-16-22/h4-17,19H,2-3,18H2,1H3. The average Bonchev–Trinajstić information content (AvgIpc) is 2.68. The van der Waals surface area contributed by atoms with Gasteiger partial charge in [0.25, 0.3) is 0 Å². The quantitative estimate of drug-likeness (QED) is 0.359. The van der Waals surface area contributed by atoms with Gasteiger partial charge in [-0.25, -0.2) is 0 Å². The van der Waals surface area contributed by atoms with Gasteiger partial charge in [0.15, 0.2) is 0 Å². The Balaban J connectivity index is 2.04. The number of unbranched alkanes of at least 4 members (excludes halogenated alkanes) is 1. The number of aliphatic imine (C=N–C) groups is 1. The molecule has 0 spiro atoms. The van der Waals surface area contributed by atoms with Crippen LogP contribution in [0, 0.1) is 0 Å². The minimum Gasteiger partial charge on any atom is -0.293 e. The van der Waals surface area contributed by atoms with Crippen LogP contribution in [0.15, 0.2) is 89.9 Å². The van der Waals surface area contributed by atoms with Gasteiger partial charge in [-0.15, -0.1) is 0 Å². The smallest absolute Gasteiger partial charge is 0.242 e. The van der Waals surface area contributed by atoms with Crippen LogP contribution in [0.2, 0.25) is 0 Å². The largest absolute Gasteiger partial charge is 0.293 e. The van der Waals surface area contributed by atoms with E-state index < -0.39 is 0 Å². The minimum atomic E-state index is 0.219. The first-order valence-corrected chi connectivity index (χ1v) is 9.08. The number of hydrogen-bond acceptors (Lipinski definition) is 1. The molecule has 0 saturated carbocycles. The maximum atomic E-state index is 4.64. The van der Waals surface area contributed by atoms with Crippen molar-refractivity contribution in [2.24, 2.45) is 4.99 Å². The van der Waals surface area contributed by atoms with Crippen molar-refractivity contribution >= 4 is 29.3 Å². The highest BCUT2D eigenvalue weighted by Gasteiger charge is 2.23. The van der Waals surface area contributed by atoms with Crippen LogP contribution in [0.1, 0.15) is 25.3 Å². The Morgan fingerprint density at radius 3 is 1.92 bits per heavy atom. The summed E-state index contributed by atoms with van der Waals surface area (Å²) in [5.41, 5.74) is 5.13. The Bertz CT molecular complexity index is 757. The monoisotopic (exact) mass is 325 g/mol. The van der Waals surface area contributed by atoms with Gasteiger partial charge in [0.1, 0.15) is 0 Å². The summed E-state index contributed by atoms with van der Waals surface area (Å²) in [6.45, 7) is 3.31. The lowest BCUT2D eigenvalue weighted by molar-refractivity contribution is 0.810. The van der Waals surface area contributed by atoms with Crippen molar-refractivity contribution in [3.63, 3.8) is 0 Å². The normalized spacial score (nSPS) is 10.9. The maximum absolute atomic E-state index is 4.64. The van der Waals surface area contributed by atoms with Crippen LogP contribution >= 0.6 is 0 Å². The van der Waals surface area contributed by atoms with Gasteiger partial charge >= 0.3 is 0 Å². The predicted molar refractivity (Wildman–Crippen MR) is 111 cm³/mol. The second kappa shape index (κ2) is 9.03. The van der Waals surface area contributed by atoms with Gasteiger partial charge in [0.2, 0.25) is 6.71 Å². The molecule has 124 valence electrons. The van der Waals surface area contributed by atoms with Crippen LogP contribution in [-0.2, 0) is 0 Å². The van der Waals surface area contributed by atoms with Gasteiger partial charge in [-0.1, -0.05) is 115 Å². The SMILES string of the molecule is CCCCN=Cc1ccccc1B(c1ccccc1)c1ccccc1. The Labute approximate surface area is 151 Å². The molecule has 0 fully saturated rings. The highest BCUT2D eigenvalue weighted by molar-refractivity contribution is 6.96. The van der Waals surface area contributed by atoms with Crippen molar-refractivity contribution in [3.8, 4) is 0 Å². The molecule has 0 heterocycles. The van der Waals surface area contributed by atoms with E-state index in [4.69, 9.17) is 0 Å². The van der Waals surface area contributed by atoms with E-state index in [0.717, 1.165) is 13.0 Å². The van der Waals surface area contributed by atoms with E-state index in [1.165, 1.54) is 28.4 Å². The fourth-order valence-corrected chi connectivity index (χ4v) is 3.15. The van der Waals surface area contributed by atoms with E-state index in [1.54, 1.807) is 0 Å². The number of benzene rings is 3. The maximum Gasteiger partial charge on any atom is 0.242 e. The molecule has 1 nitrogen and oxygen atoms in total. The van der Waals surface area contributed by atoms with Crippen molar-refractivity contribution in [1.29, 1.82) is 0 Å². The van der Waals surface area contributed by atoms with Gasteiger partial charge in [-0.05, 0) is 12.0 Å². The molecule has 0 atom stereocenters. The molecular formula is C23H24BN. The van der Waals surface area contributed by atoms with E-state index in [2.05, 4.69) is 96.8 Å². The summed E-state index contributed by atoms with van der Waals surface area (Å²) < 4.78 is 0. The molecule has 3 aromatic carbocycles. The number of hydrogen-bond donors (Lipinski definition) is 0. The van der Waals surface area contributed by atoms with Gasteiger partial charge in [-0.3, -0.25) is 4.99 Å². The van der Waals surface area contributed by atoms with Gasteiger partial charge < -0.3 is 0 Å². The molecule has 0 saturated heterocycles. The third-order valence-corrected chi connectivity index (χ3v) is 4.44. The Kier molecular flexibility index (Phi) is 6.22. The van der Waals surface area contributed by atoms with Crippen molar-refractivity contribution in [1.82, 2.24) is 0 Å². The van der Waals surface area contributed by atoms with Crippen molar-refractivity contribution in [3.05, 3.63) is 90.5 Å². The van der Waals surface area contributed by atoms with Crippen LogP contribution in [0.25, 0.3) is 0 Å². The van der Waals surface area contributed by atoms with Crippen molar-refractivity contribution in [2.45, 2.75) is 19.8 Å². The average molecular weight is 325 g/mol. The summed E-state index contributed by atoms with van der Waals surface area (Å²) in [5.74, 6) is 0. The molecular weight excluding hydrogens is 301 g/mol. The van der Waals surface area contributed by atoms with Gasteiger partial charge in [0.05, 0.1) is 0 Å². The first-order chi connectivity index (χ1) is 12.4. The second-order valence-electron chi connectivity index (χ2n) is 6.27. The predicted octanol–water partition coefficient (Wildman–Crippen LogP) is 3.42. The van der Waals surface area contributed by atoms with E-state index in [0.29, 0.717) is 0 Å². The topological polar surface area (TPSA) is 12.4 Å². The molecule has 0 N–H and O–H groups in total. The summed E-state index contributed by atoms with van der Waals surface area (Å²) in [7, 11) is 0. The lowest BCUT2D eigenvalue weighted by Gasteiger charge is -2.17. The van der Waals surface area contributed by atoms with Gasteiger partial charge in [0, 0.05) is 12.8 Å². The second-order valence-corrected chi connectivity index (χ2v) is 6.27.